The molecular weight excluding hydrogens is 283 g/mol. The Morgan fingerprint density at radius 3 is 2.71 bits per heavy atom. The van der Waals surface area contributed by atoms with Crippen molar-refractivity contribution in [3.8, 4) is 5.75 Å². The van der Waals surface area contributed by atoms with Crippen LogP contribution in [0.15, 0.2) is 30.5 Å². The number of nitrogens with zero attached hydrogens (tertiary/aromatic N) is 1. The molecule has 0 saturated heterocycles. The molecule has 1 heterocycles. The fourth-order valence-corrected chi connectivity index (χ4v) is 2.07. The third-order valence-corrected chi connectivity index (χ3v) is 3.10. The van der Waals surface area contributed by atoms with Gasteiger partial charge in [0.05, 0.1) is 11.1 Å². The number of hydrogen-bond donors (Lipinski definition) is 1. The quantitative estimate of drug-likeness (QED) is 0.844. The second kappa shape index (κ2) is 6.30. The van der Waals surface area contributed by atoms with Crippen LogP contribution in [0.3, 0.4) is 0 Å². The van der Waals surface area contributed by atoms with Crippen molar-refractivity contribution in [1.82, 2.24) is 4.98 Å². The van der Waals surface area contributed by atoms with Gasteiger partial charge in [0, 0.05) is 18.0 Å². The van der Waals surface area contributed by atoms with Crippen LogP contribution in [0, 0.1) is 0 Å². The van der Waals surface area contributed by atoms with Gasteiger partial charge in [0.25, 0.3) is 0 Å². The van der Waals surface area contributed by atoms with E-state index in [4.69, 9.17) is 4.74 Å². The minimum absolute atomic E-state index is 0.176. The predicted molar refractivity (Wildman–Crippen MR) is 72.9 cm³/mol. The summed E-state index contributed by atoms with van der Waals surface area (Å²) < 4.78 is 44.2. The SMILES string of the molecule is CCCCC(O)Oc1ccnc2c(C(F)(F)F)cccc12. The Kier molecular flexibility index (Phi) is 4.67. The fourth-order valence-electron chi connectivity index (χ4n) is 2.07. The van der Waals surface area contributed by atoms with Gasteiger partial charge in [-0.15, -0.1) is 0 Å². The lowest BCUT2D eigenvalue weighted by Gasteiger charge is -2.16. The van der Waals surface area contributed by atoms with E-state index in [1.54, 1.807) is 0 Å². The molecule has 0 aliphatic heterocycles. The molecule has 0 bridgehead atoms. The van der Waals surface area contributed by atoms with Gasteiger partial charge in [-0.2, -0.15) is 13.2 Å². The van der Waals surface area contributed by atoms with E-state index in [1.807, 2.05) is 6.92 Å². The molecule has 114 valence electrons. The second-order valence-electron chi connectivity index (χ2n) is 4.72. The molecule has 0 radical (unpaired) electrons. The number of alkyl halides is 3. The molecule has 6 heteroatoms. The first kappa shape index (κ1) is 15.6. The summed E-state index contributed by atoms with van der Waals surface area (Å²) in [6.07, 6.45) is -2.16. The Bertz CT molecular complexity index is 613. The second-order valence-corrected chi connectivity index (χ2v) is 4.72. The molecule has 1 unspecified atom stereocenters. The Balaban J connectivity index is 2.38. The normalized spacial score (nSPS) is 13.4. The molecule has 21 heavy (non-hydrogen) atoms. The molecule has 0 amide bonds. The van der Waals surface area contributed by atoms with Crippen LogP contribution in [0.25, 0.3) is 10.9 Å². The van der Waals surface area contributed by atoms with Crippen LogP contribution >= 0.6 is 0 Å². The lowest BCUT2D eigenvalue weighted by Crippen LogP contribution is -2.15. The van der Waals surface area contributed by atoms with Gasteiger partial charge < -0.3 is 9.84 Å². The molecular formula is C15H16F3NO2. The van der Waals surface area contributed by atoms with Gasteiger partial charge in [0.15, 0.2) is 6.29 Å². The maximum absolute atomic E-state index is 12.9. The van der Waals surface area contributed by atoms with E-state index in [9.17, 15) is 18.3 Å². The zero-order valence-electron chi connectivity index (χ0n) is 11.5. The van der Waals surface area contributed by atoms with Gasteiger partial charge in [-0.05, 0) is 24.6 Å². The molecule has 1 aromatic carbocycles. The van der Waals surface area contributed by atoms with Crippen molar-refractivity contribution < 1.29 is 23.0 Å². The number of unbranched alkanes of at least 4 members (excludes halogenated alkanes) is 1. The summed E-state index contributed by atoms with van der Waals surface area (Å²) in [5, 5.41) is 10.00. The number of para-hydroxylation sites is 1. The molecule has 2 aromatic rings. The molecule has 0 spiro atoms. The first-order valence-corrected chi connectivity index (χ1v) is 6.73. The number of halogens is 3. The maximum Gasteiger partial charge on any atom is 0.418 e. The summed E-state index contributed by atoms with van der Waals surface area (Å²) in [6, 6.07) is 5.24. The third kappa shape index (κ3) is 3.64. The van der Waals surface area contributed by atoms with Crippen molar-refractivity contribution in [2.75, 3.05) is 0 Å². The Morgan fingerprint density at radius 1 is 1.29 bits per heavy atom. The summed E-state index contributed by atoms with van der Waals surface area (Å²) in [5.74, 6) is 0.203. The monoisotopic (exact) mass is 299 g/mol. The van der Waals surface area contributed by atoms with Crippen molar-refractivity contribution in [3.63, 3.8) is 0 Å². The Morgan fingerprint density at radius 2 is 2.05 bits per heavy atom. The lowest BCUT2D eigenvalue weighted by molar-refractivity contribution is -0.136. The van der Waals surface area contributed by atoms with E-state index in [-0.39, 0.29) is 16.7 Å². The molecule has 1 aromatic heterocycles. The summed E-state index contributed by atoms with van der Waals surface area (Å²) in [4.78, 5) is 3.80. The van der Waals surface area contributed by atoms with Gasteiger partial charge in [-0.1, -0.05) is 19.4 Å². The third-order valence-electron chi connectivity index (χ3n) is 3.10. The van der Waals surface area contributed by atoms with Gasteiger partial charge in [0.1, 0.15) is 5.75 Å². The van der Waals surface area contributed by atoms with Crippen LogP contribution in [0.1, 0.15) is 31.7 Å². The van der Waals surface area contributed by atoms with Crippen LogP contribution in [0.5, 0.6) is 5.75 Å². The van der Waals surface area contributed by atoms with E-state index < -0.39 is 18.0 Å². The van der Waals surface area contributed by atoms with E-state index in [1.165, 1.54) is 24.4 Å². The first-order chi connectivity index (χ1) is 9.93. The summed E-state index contributed by atoms with van der Waals surface area (Å²) in [5.41, 5.74) is -0.987. The zero-order chi connectivity index (χ0) is 15.5. The van der Waals surface area contributed by atoms with Gasteiger partial charge in [-0.25, -0.2) is 0 Å². The highest BCUT2D eigenvalue weighted by Crippen LogP contribution is 2.36. The van der Waals surface area contributed by atoms with Gasteiger partial charge in [0.2, 0.25) is 0 Å². The minimum atomic E-state index is -4.48. The number of rotatable bonds is 5. The van der Waals surface area contributed by atoms with Crippen LogP contribution < -0.4 is 4.74 Å². The lowest BCUT2D eigenvalue weighted by atomic mass is 10.1. The highest BCUT2D eigenvalue weighted by atomic mass is 19.4. The van der Waals surface area contributed by atoms with E-state index in [0.29, 0.717) is 6.42 Å². The summed E-state index contributed by atoms with van der Waals surface area (Å²) in [6.45, 7) is 1.98. The molecule has 0 aliphatic rings. The van der Waals surface area contributed by atoms with Crippen molar-refractivity contribution in [2.24, 2.45) is 0 Å². The molecule has 0 aliphatic carbocycles. The van der Waals surface area contributed by atoms with Crippen molar-refractivity contribution in [1.29, 1.82) is 0 Å². The van der Waals surface area contributed by atoms with Crippen LogP contribution in [0.4, 0.5) is 13.2 Å². The maximum atomic E-state index is 12.9. The Hall–Kier alpha value is -1.82. The number of hydrogen-bond acceptors (Lipinski definition) is 3. The smallest absolute Gasteiger partial charge is 0.418 e. The number of ether oxygens (including phenoxy) is 1. The minimum Gasteiger partial charge on any atom is -0.464 e. The standard InChI is InChI=1S/C15H16F3NO2/c1-2-3-7-13(20)21-12-8-9-19-14-10(12)5-4-6-11(14)15(16,17)18/h4-6,8-9,13,20H,2-3,7H2,1H3. The Labute approximate surface area is 120 Å². The summed E-state index contributed by atoms with van der Waals surface area (Å²) >= 11 is 0. The average molecular weight is 299 g/mol. The number of pyridine rings is 1. The molecule has 0 saturated carbocycles. The number of aromatic nitrogens is 1. The van der Waals surface area contributed by atoms with Crippen molar-refractivity contribution in [2.45, 2.75) is 38.7 Å². The molecule has 0 fully saturated rings. The predicted octanol–water partition coefficient (Wildman–Crippen LogP) is 4.14. The highest BCUT2D eigenvalue weighted by Gasteiger charge is 2.33. The van der Waals surface area contributed by atoms with Gasteiger partial charge >= 0.3 is 6.18 Å². The van der Waals surface area contributed by atoms with E-state index >= 15 is 0 Å². The van der Waals surface area contributed by atoms with Crippen molar-refractivity contribution in [3.05, 3.63) is 36.0 Å². The zero-order valence-corrected chi connectivity index (χ0v) is 11.5. The number of benzene rings is 1. The molecule has 1 N–H and O–H groups in total. The van der Waals surface area contributed by atoms with Crippen LogP contribution in [-0.2, 0) is 6.18 Å². The molecule has 3 nitrogen and oxygen atoms in total. The molecule has 2 rings (SSSR count). The molecule has 1 atom stereocenters. The number of fused-ring (bicyclic) bond motifs is 1. The largest absolute Gasteiger partial charge is 0.464 e. The number of aliphatic hydroxyl groups is 1. The van der Waals surface area contributed by atoms with Crippen LogP contribution in [-0.4, -0.2) is 16.4 Å². The summed E-state index contributed by atoms with van der Waals surface area (Å²) in [7, 11) is 0. The van der Waals surface area contributed by atoms with Crippen molar-refractivity contribution >= 4 is 10.9 Å². The highest BCUT2D eigenvalue weighted by molar-refractivity contribution is 5.87. The average Bonchev–Trinajstić information content (AvgIpc) is 2.44. The van der Waals surface area contributed by atoms with Gasteiger partial charge in [-0.3, -0.25) is 4.98 Å². The van der Waals surface area contributed by atoms with Crippen LogP contribution in [0.2, 0.25) is 0 Å². The van der Waals surface area contributed by atoms with E-state index in [2.05, 4.69) is 4.98 Å². The van der Waals surface area contributed by atoms with E-state index in [0.717, 1.165) is 18.9 Å². The first-order valence-electron chi connectivity index (χ1n) is 6.73. The fraction of sp³-hybridized carbons (Fsp3) is 0.400. The topological polar surface area (TPSA) is 42.4 Å². The number of aliphatic hydroxyl groups excluding tert-OH is 1.